The summed E-state index contributed by atoms with van der Waals surface area (Å²) in [5.74, 6) is 0. The second-order valence-electron chi connectivity index (χ2n) is 5.95. The SMILES string of the molecule is CC.N#Cc1cc(Cl)nc(-c2ccc(C(F)(F)F)nc2)c1.OB(O)c1ccc(C(F)(F)F)nc1. The Hall–Kier alpha value is -3.21. The highest BCUT2D eigenvalue weighted by Gasteiger charge is 2.33. The summed E-state index contributed by atoms with van der Waals surface area (Å²) in [6.45, 7) is 4.00. The maximum Gasteiger partial charge on any atom is 0.490 e. The van der Waals surface area contributed by atoms with E-state index in [0.717, 1.165) is 24.5 Å². The number of rotatable bonds is 2. The molecule has 3 aromatic rings. The van der Waals surface area contributed by atoms with Crippen molar-refractivity contribution in [3.05, 3.63) is 70.9 Å². The van der Waals surface area contributed by atoms with Gasteiger partial charge in [-0.15, -0.1) is 0 Å². The minimum Gasteiger partial charge on any atom is -0.423 e. The van der Waals surface area contributed by atoms with Gasteiger partial charge in [0.15, 0.2) is 0 Å². The minimum atomic E-state index is -4.50. The summed E-state index contributed by atoms with van der Waals surface area (Å²) in [6.07, 6.45) is -7.17. The highest BCUT2D eigenvalue weighted by molar-refractivity contribution is 6.58. The van der Waals surface area contributed by atoms with E-state index in [9.17, 15) is 26.3 Å². The molecule has 0 bridgehead atoms. The lowest BCUT2D eigenvalue weighted by Gasteiger charge is -2.06. The van der Waals surface area contributed by atoms with Crippen molar-refractivity contribution in [3.8, 4) is 17.3 Å². The maximum absolute atomic E-state index is 12.4. The molecule has 0 aliphatic carbocycles. The largest absolute Gasteiger partial charge is 0.490 e. The number of alkyl halides is 6. The Morgan fingerprint density at radius 3 is 1.79 bits per heavy atom. The third kappa shape index (κ3) is 8.62. The van der Waals surface area contributed by atoms with Crippen LogP contribution in [0.25, 0.3) is 11.3 Å². The molecule has 0 atom stereocenters. The Bertz CT molecular complexity index is 1100. The molecule has 0 saturated heterocycles. The van der Waals surface area contributed by atoms with Crippen LogP contribution < -0.4 is 5.46 Å². The lowest BCUT2D eigenvalue weighted by Crippen LogP contribution is -2.30. The molecule has 0 amide bonds. The fourth-order valence-corrected chi connectivity index (χ4v) is 2.36. The van der Waals surface area contributed by atoms with Crippen LogP contribution in [0.15, 0.2) is 48.8 Å². The van der Waals surface area contributed by atoms with E-state index in [1.807, 2.05) is 19.9 Å². The molecule has 0 spiro atoms. The molecule has 2 N–H and O–H groups in total. The van der Waals surface area contributed by atoms with Crippen molar-refractivity contribution in [3.63, 3.8) is 0 Å². The summed E-state index contributed by atoms with van der Waals surface area (Å²) >= 11 is 5.72. The van der Waals surface area contributed by atoms with Crippen LogP contribution >= 0.6 is 11.6 Å². The van der Waals surface area contributed by atoms with Crippen molar-refractivity contribution in [2.75, 3.05) is 0 Å². The standard InChI is InChI=1S/C12H5ClF3N3.C6H5BF3NO2.C2H6/c13-11-4-7(5-17)3-9(19-11)8-1-2-10(18-6-8)12(14,15)16;8-6(9,10)5-2-1-4(3-11-5)7(12)13;1-2/h1-4,6H;1-3,12-13H;1-2H3. The molecule has 180 valence electrons. The number of nitriles is 1. The number of nitrogens with zero attached hydrogens (tertiary/aromatic N) is 4. The second kappa shape index (κ2) is 12.3. The van der Waals surface area contributed by atoms with Crippen LogP contribution in [-0.2, 0) is 12.4 Å². The van der Waals surface area contributed by atoms with Crippen molar-refractivity contribution in [1.29, 1.82) is 5.26 Å². The zero-order valence-corrected chi connectivity index (χ0v) is 18.3. The van der Waals surface area contributed by atoms with Gasteiger partial charge in [0.25, 0.3) is 0 Å². The lowest BCUT2D eigenvalue weighted by molar-refractivity contribution is -0.141. The van der Waals surface area contributed by atoms with Gasteiger partial charge in [0.1, 0.15) is 16.5 Å². The van der Waals surface area contributed by atoms with Crippen molar-refractivity contribution in [1.82, 2.24) is 15.0 Å². The first-order valence-electron chi connectivity index (χ1n) is 9.32. The van der Waals surface area contributed by atoms with E-state index in [2.05, 4.69) is 15.0 Å². The smallest absolute Gasteiger partial charge is 0.423 e. The normalized spacial score (nSPS) is 10.8. The van der Waals surface area contributed by atoms with Crippen LogP contribution in [0.2, 0.25) is 5.15 Å². The quantitative estimate of drug-likeness (QED) is 0.303. The van der Waals surface area contributed by atoms with Crippen molar-refractivity contribution in [2.24, 2.45) is 0 Å². The maximum atomic E-state index is 12.4. The van der Waals surface area contributed by atoms with E-state index >= 15 is 0 Å². The third-order valence-corrected chi connectivity index (χ3v) is 3.84. The van der Waals surface area contributed by atoms with Crippen LogP contribution in [0.3, 0.4) is 0 Å². The van der Waals surface area contributed by atoms with Gasteiger partial charge in [-0.1, -0.05) is 31.5 Å². The van der Waals surface area contributed by atoms with Crippen molar-refractivity contribution >= 4 is 24.2 Å². The fourth-order valence-electron chi connectivity index (χ4n) is 2.15. The molecule has 0 radical (unpaired) electrons. The van der Waals surface area contributed by atoms with Crippen molar-refractivity contribution in [2.45, 2.75) is 26.2 Å². The number of halogens is 7. The molecular formula is C20H16BClF6N4O2. The summed E-state index contributed by atoms with van der Waals surface area (Å²) in [5.41, 5.74) is -1.20. The van der Waals surface area contributed by atoms with Gasteiger partial charge in [-0.05, 0) is 30.3 Å². The van der Waals surface area contributed by atoms with Crippen LogP contribution in [0.1, 0.15) is 30.8 Å². The first-order valence-corrected chi connectivity index (χ1v) is 9.69. The summed E-state index contributed by atoms with van der Waals surface area (Å²) in [5, 5.41) is 26.0. The van der Waals surface area contributed by atoms with Crippen LogP contribution in [0.5, 0.6) is 0 Å². The highest BCUT2D eigenvalue weighted by atomic mass is 35.5. The van der Waals surface area contributed by atoms with Gasteiger partial charge in [0.05, 0.1) is 17.3 Å². The molecule has 0 aromatic carbocycles. The number of pyridine rings is 3. The third-order valence-electron chi connectivity index (χ3n) is 3.65. The highest BCUT2D eigenvalue weighted by Crippen LogP contribution is 2.29. The van der Waals surface area contributed by atoms with E-state index in [1.54, 1.807) is 0 Å². The summed E-state index contributed by atoms with van der Waals surface area (Å²) < 4.78 is 72.9. The first kappa shape index (κ1) is 28.8. The van der Waals surface area contributed by atoms with E-state index < -0.39 is 30.9 Å². The average Bonchev–Trinajstić information content (AvgIpc) is 2.79. The second-order valence-corrected chi connectivity index (χ2v) is 6.34. The molecule has 3 rings (SSSR count). The average molecular weight is 505 g/mol. The van der Waals surface area contributed by atoms with Gasteiger partial charge in [-0.2, -0.15) is 31.6 Å². The van der Waals surface area contributed by atoms with E-state index in [0.29, 0.717) is 17.3 Å². The predicted octanol–water partition coefficient (Wildman–Crippen LogP) is 4.49. The molecule has 14 heteroatoms. The van der Waals surface area contributed by atoms with Crippen LogP contribution in [0, 0.1) is 11.3 Å². The zero-order chi connectivity index (χ0) is 26.1. The minimum absolute atomic E-state index is 0.0759. The van der Waals surface area contributed by atoms with Gasteiger partial charge in [0.2, 0.25) is 0 Å². The summed E-state index contributed by atoms with van der Waals surface area (Å²) in [7, 11) is -1.80. The fraction of sp³-hybridized carbons (Fsp3) is 0.200. The monoisotopic (exact) mass is 504 g/mol. The van der Waals surface area contributed by atoms with Gasteiger partial charge in [0, 0.05) is 23.4 Å². The molecule has 0 saturated carbocycles. The van der Waals surface area contributed by atoms with Gasteiger partial charge in [-0.3, -0.25) is 9.97 Å². The zero-order valence-electron chi connectivity index (χ0n) is 17.5. The van der Waals surface area contributed by atoms with Gasteiger partial charge < -0.3 is 10.0 Å². The molecule has 0 unspecified atom stereocenters. The molecule has 3 aromatic heterocycles. The van der Waals surface area contributed by atoms with E-state index in [-0.39, 0.29) is 16.2 Å². The van der Waals surface area contributed by atoms with E-state index in [1.165, 1.54) is 18.2 Å². The first-order chi connectivity index (χ1) is 15.8. The van der Waals surface area contributed by atoms with Crippen LogP contribution in [0.4, 0.5) is 26.3 Å². The molecule has 0 aliphatic rings. The lowest BCUT2D eigenvalue weighted by atomic mass is 9.82. The topological polar surface area (TPSA) is 103 Å². The number of aromatic nitrogens is 3. The summed E-state index contributed by atoms with van der Waals surface area (Å²) in [6, 6.07) is 8.41. The Morgan fingerprint density at radius 1 is 0.882 bits per heavy atom. The Morgan fingerprint density at radius 2 is 1.41 bits per heavy atom. The van der Waals surface area contributed by atoms with Crippen molar-refractivity contribution < 1.29 is 36.4 Å². The summed E-state index contributed by atoms with van der Waals surface area (Å²) in [4.78, 5) is 10.3. The Kier molecular flexibility index (Phi) is 10.4. The Labute approximate surface area is 195 Å². The van der Waals surface area contributed by atoms with E-state index in [4.69, 9.17) is 26.9 Å². The molecular weight excluding hydrogens is 488 g/mol. The number of hydrogen-bond donors (Lipinski definition) is 2. The number of hydrogen-bond acceptors (Lipinski definition) is 6. The molecule has 3 heterocycles. The Balaban J connectivity index is 0.000000337. The molecule has 0 aliphatic heterocycles. The van der Waals surface area contributed by atoms with Gasteiger partial charge >= 0.3 is 19.5 Å². The molecule has 6 nitrogen and oxygen atoms in total. The predicted molar refractivity (Wildman–Crippen MR) is 113 cm³/mol. The molecule has 0 fully saturated rings. The molecule has 34 heavy (non-hydrogen) atoms. The van der Waals surface area contributed by atoms with Crippen LogP contribution in [-0.4, -0.2) is 32.1 Å². The van der Waals surface area contributed by atoms with Gasteiger partial charge in [-0.25, -0.2) is 4.98 Å².